The second kappa shape index (κ2) is 7.33. The lowest BCUT2D eigenvalue weighted by atomic mass is 9.98. The quantitative estimate of drug-likeness (QED) is 0.833. The summed E-state index contributed by atoms with van der Waals surface area (Å²) in [6.07, 6.45) is 2.61. The Kier molecular flexibility index (Phi) is 5.02. The van der Waals surface area contributed by atoms with E-state index in [1.54, 1.807) is 4.68 Å². The van der Waals surface area contributed by atoms with Crippen LogP contribution >= 0.6 is 0 Å². The van der Waals surface area contributed by atoms with Gasteiger partial charge in [0.15, 0.2) is 5.69 Å². The van der Waals surface area contributed by atoms with Crippen LogP contribution in [0.1, 0.15) is 60.1 Å². The molecule has 150 valence electrons. The molecule has 1 fully saturated rings. The minimum Gasteiger partial charge on any atom is -0.396 e. The second-order valence-corrected chi connectivity index (χ2v) is 8.43. The van der Waals surface area contributed by atoms with E-state index in [1.807, 2.05) is 56.1 Å². The van der Waals surface area contributed by atoms with Crippen molar-refractivity contribution < 1.29 is 14.6 Å². The summed E-state index contributed by atoms with van der Waals surface area (Å²) in [5.74, 6) is -0.0540. The second-order valence-electron chi connectivity index (χ2n) is 8.43. The topological polar surface area (TPSA) is 67.6 Å². The standard InChI is InChI=1S/C22H29N3O3/c1-15-11-18-19(23-24(3)20(18)16(2)28-15)21(27)25(13-22(14-26)9-10-22)12-17-7-5-4-6-8-17/h4-8,15-16,26H,9-14H2,1-3H3/t15-,16+/m1/s1. The largest absolute Gasteiger partial charge is 0.396 e. The van der Waals surface area contributed by atoms with Gasteiger partial charge in [0.1, 0.15) is 0 Å². The first-order valence-corrected chi connectivity index (χ1v) is 10.1. The predicted octanol–water partition coefficient (Wildman–Crippen LogP) is 2.86. The maximum atomic E-state index is 13.6. The smallest absolute Gasteiger partial charge is 0.274 e. The average Bonchev–Trinajstić information content (AvgIpc) is 3.37. The molecule has 2 heterocycles. The number of aryl methyl sites for hydroxylation is 1. The summed E-state index contributed by atoms with van der Waals surface area (Å²) in [6.45, 7) is 5.25. The molecular weight excluding hydrogens is 354 g/mol. The van der Waals surface area contributed by atoms with Crippen molar-refractivity contribution in [1.29, 1.82) is 0 Å². The number of hydrogen-bond acceptors (Lipinski definition) is 4. The number of aromatic nitrogens is 2. The molecule has 1 aliphatic carbocycles. The molecule has 0 spiro atoms. The number of aliphatic hydroxyl groups excluding tert-OH is 1. The molecule has 6 heteroatoms. The van der Waals surface area contributed by atoms with Crippen LogP contribution in [0, 0.1) is 5.41 Å². The van der Waals surface area contributed by atoms with Crippen LogP contribution in [0.25, 0.3) is 0 Å². The van der Waals surface area contributed by atoms with Gasteiger partial charge in [-0.15, -0.1) is 0 Å². The summed E-state index contributed by atoms with van der Waals surface area (Å²) in [4.78, 5) is 15.5. The summed E-state index contributed by atoms with van der Waals surface area (Å²) in [5.41, 5.74) is 3.46. The van der Waals surface area contributed by atoms with Crippen molar-refractivity contribution in [3.63, 3.8) is 0 Å². The Bertz CT molecular complexity index is 857. The molecule has 1 amide bonds. The number of ether oxygens (including phenoxy) is 1. The van der Waals surface area contributed by atoms with Crippen molar-refractivity contribution in [3.8, 4) is 0 Å². The molecule has 0 bridgehead atoms. The first-order chi connectivity index (χ1) is 13.4. The van der Waals surface area contributed by atoms with Crippen LogP contribution in [0.5, 0.6) is 0 Å². The number of carbonyl (C=O) groups is 1. The number of amides is 1. The molecule has 0 radical (unpaired) electrons. The molecule has 2 atom stereocenters. The Morgan fingerprint density at radius 2 is 2.04 bits per heavy atom. The third-order valence-corrected chi connectivity index (χ3v) is 6.03. The van der Waals surface area contributed by atoms with Crippen molar-refractivity contribution in [2.75, 3.05) is 13.2 Å². The molecule has 2 aliphatic rings. The zero-order chi connectivity index (χ0) is 19.9. The molecular formula is C22H29N3O3. The highest BCUT2D eigenvalue weighted by atomic mass is 16.5. The van der Waals surface area contributed by atoms with Crippen molar-refractivity contribution in [2.24, 2.45) is 12.5 Å². The lowest BCUT2D eigenvalue weighted by Crippen LogP contribution is -2.38. The average molecular weight is 383 g/mol. The molecule has 1 aromatic heterocycles. The van der Waals surface area contributed by atoms with E-state index in [-0.39, 0.29) is 30.1 Å². The van der Waals surface area contributed by atoms with Crippen molar-refractivity contribution >= 4 is 5.91 Å². The first kappa shape index (κ1) is 19.2. The maximum absolute atomic E-state index is 13.6. The number of nitrogens with zero attached hydrogens (tertiary/aromatic N) is 3. The van der Waals surface area contributed by atoms with Gasteiger partial charge in [0.25, 0.3) is 5.91 Å². The summed E-state index contributed by atoms with van der Waals surface area (Å²) in [7, 11) is 1.88. The fourth-order valence-corrected chi connectivity index (χ4v) is 4.31. The Balaban J connectivity index is 1.67. The first-order valence-electron chi connectivity index (χ1n) is 10.1. The summed E-state index contributed by atoms with van der Waals surface area (Å²) < 4.78 is 7.72. The molecule has 0 saturated heterocycles. The van der Waals surface area contributed by atoms with Crippen LogP contribution in [-0.2, 0) is 24.8 Å². The summed E-state index contributed by atoms with van der Waals surface area (Å²) >= 11 is 0. The van der Waals surface area contributed by atoms with E-state index in [4.69, 9.17) is 4.74 Å². The third kappa shape index (κ3) is 3.59. The van der Waals surface area contributed by atoms with Crippen LogP contribution in [0.15, 0.2) is 30.3 Å². The molecule has 2 aromatic rings. The van der Waals surface area contributed by atoms with Gasteiger partial charge in [-0.25, -0.2) is 0 Å². The minimum absolute atomic E-state index is 0.0540. The predicted molar refractivity (Wildman–Crippen MR) is 106 cm³/mol. The molecule has 1 N–H and O–H groups in total. The van der Waals surface area contributed by atoms with Gasteiger partial charge in [-0.2, -0.15) is 5.10 Å². The lowest BCUT2D eigenvalue weighted by Gasteiger charge is -2.28. The van der Waals surface area contributed by atoms with Gasteiger partial charge in [0.2, 0.25) is 0 Å². The zero-order valence-corrected chi connectivity index (χ0v) is 16.9. The van der Waals surface area contributed by atoms with Crippen LogP contribution in [0.3, 0.4) is 0 Å². The van der Waals surface area contributed by atoms with E-state index >= 15 is 0 Å². The fourth-order valence-electron chi connectivity index (χ4n) is 4.31. The van der Waals surface area contributed by atoms with E-state index in [0.29, 0.717) is 25.2 Å². The van der Waals surface area contributed by atoms with E-state index in [9.17, 15) is 9.90 Å². The Labute approximate surface area is 166 Å². The van der Waals surface area contributed by atoms with E-state index < -0.39 is 0 Å². The van der Waals surface area contributed by atoms with Gasteiger partial charge in [-0.05, 0) is 32.3 Å². The maximum Gasteiger partial charge on any atom is 0.274 e. The van der Waals surface area contributed by atoms with Gasteiger partial charge in [-0.3, -0.25) is 9.48 Å². The highest BCUT2D eigenvalue weighted by Crippen LogP contribution is 2.46. The number of hydrogen-bond donors (Lipinski definition) is 1. The Morgan fingerprint density at radius 3 is 2.68 bits per heavy atom. The van der Waals surface area contributed by atoms with Crippen LogP contribution in [-0.4, -0.2) is 44.9 Å². The zero-order valence-electron chi connectivity index (χ0n) is 16.9. The van der Waals surface area contributed by atoms with Gasteiger partial charge >= 0.3 is 0 Å². The van der Waals surface area contributed by atoms with E-state index in [2.05, 4.69) is 5.10 Å². The van der Waals surface area contributed by atoms with Crippen molar-refractivity contribution in [1.82, 2.24) is 14.7 Å². The number of rotatable bonds is 6. The van der Waals surface area contributed by atoms with Crippen molar-refractivity contribution in [2.45, 2.75) is 51.9 Å². The fraction of sp³-hybridized carbons (Fsp3) is 0.545. The van der Waals surface area contributed by atoms with Crippen LogP contribution in [0.4, 0.5) is 0 Å². The molecule has 1 aliphatic heterocycles. The number of benzene rings is 1. The minimum atomic E-state index is -0.150. The lowest BCUT2D eigenvalue weighted by molar-refractivity contribution is -0.00908. The summed E-state index contributed by atoms with van der Waals surface area (Å²) in [5, 5.41) is 14.4. The molecule has 28 heavy (non-hydrogen) atoms. The summed E-state index contributed by atoms with van der Waals surface area (Å²) in [6, 6.07) is 10.0. The van der Waals surface area contributed by atoms with Crippen LogP contribution in [0.2, 0.25) is 0 Å². The Morgan fingerprint density at radius 1 is 1.32 bits per heavy atom. The SMILES string of the molecule is C[C@@H]1Cc2c(C(=O)N(Cc3ccccc3)CC3(CO)CC3)nn(C)c2[C@H](C)O1. The van der Waals surface area contributed by atoms with Gasteiger partial charge < -0.3 is 14.7 Å². The molecule has 1 aromatic carbocycles. The third-order valence-electron chi connectivity index (χ3n) is 6.03. The molecule has 4 rings (SSSR count). The van der Waals surface area contributed by atoms with Crippen molar-refractivity contribution in [3.05, 3.63) is 52.8 Å². The highest BCUT2D eigenvalue weighted by molar-refractivity contribution is 5.94. The number of aliphatic hydroxyl groups is 1. The van der Waals surface area contributed by atoms with E-state index in [0.717, 1.165) is 29.7 Å². The molecule has 1 saturated carbocycles. The van der Waals surface area contributed by atoms with Gasteiger partial charge in [0, 0.05) is 37.5 Å². The van der Waals surface area contributed by atoms with E-state index in [1.165, 1.54) is 0 Å². The van der Waals surface area contributed by atoms with Gasteiger partial charge in [0.05, 0.1) is 24.5 Å². The normalized spacial score (nSPS) is 22.6. The molecule has 0 unspecified atom stereocenters. The number of carbonyl (C=O) groups excluding carboxylic acids is 1. The highest BCUT2D eigenvalue weighted by Gasteiger charge is 2.45. The monoisotopic (exact) mass is 383 g/mol. The Hall–Kier alpha value is -2.18. The molecule has 6 nitrogen and oxygen atoms in total. The van der Waals surface area contributed by atoms with Gasteiger partial charge in [-0.1, -0.05) is 30.3 Å². The van der Waals surface area contributed by atoms with Crippen LogP contribution < -0.4 is 0 Å². The number of fused-ring (bicyclic) bond motifs is 1.